The number of Topliss-reactive ketones (excluding diaryl/α,β-unsaturated/α-hetero) is 1. The Hall–Kier alpha value is -1.46. The lowest BCUT2D eigenvalue weighted by atomic mass is 10.2. The van der Waals surface area contributed by atoms with Gasteiger partial charge in [0, 0.05) is 0 Å². The van der Waals surface area contributed by atoms with Gasteiger partial charge in [-0.1, -0.05) is 13.3 Å². The van der Waals surface area contributed by atoms with Crippen molar-refractivity contribution in [3.8, 4) is 0 Å². The van der Waals surface area contributed by atoms with Crippen LogP contribution < -0.4 is 0 Å². The van der Waals surface area contributed by atoms with Crippen LogP contribution in [0.25, 0.3) is 0 Å². The summed E-state index contributed by atoms with van der Waals surface area (Å²) in [5.74, 6) is -2.66. The lowest BCUT2D eigenvalue weighted by Gasteiger charge is -2.06. The Labute approximate surface area is 98.6 Å². The van der Waals surface area contributed by atoms with Crippen LogP contribution in [-0.4, -0.2) is 31.4 Å². The van der Waals surface area contributed by atoms with Gasteiger partial charge in [-0.05, 0) is 13.3 Å². The van der Waals surface area contributed by atoms with Crippen LogP contribution in [0.4, 0.5) is 8.78 Å². The number of ether oxygens (including phenoxy) is 2. The smallest absolute Gasteiger partial charge is 0.345 e. The van der Waals surface area contributed by atoms with E-state index >= 15 is 0 Å². The summed E-state index contributed by atoms with van der Waals surface area (Å²) in [6, 6.07) is 0. The predicted molar refractivity (Wildman–Crippen MR) is 56.6 cm³/mol. The molecule has 0 fully saturated rings. The van der Waals surface area contributed by atoms with Gasteiger partial charge >= 0.3 is 12.4 Å². The summed E-state index contributed by atoms with van der Waals surface area (Å²) in [4.78, 5) is 22.4. The molecule has 0 amide bonds. The molecule has 0 bridgehead atoms. The molecule has 98 valence electrons. The maximum Gasteiger partial charge on any atom is 0.345 e. The van der Waals surface area contributed by atoms with Gasteiger partial charge < -0.3 is 9.47 Å². The van der Waals surface area contributed by atoms with E-state index in [1.807, 2.05) is 6.92 Å². The number of halogens is 2. The van der Waals surface area contributed by atoms with E-state index in [0.29, 0.717) is 6.42 Å². The molecule has 0 spiro atoms. The number of carbonyl (C=O) groups is 2. The molecule has 17 heavy (non-hydrogen) atoms. The fraction of sp³-hybridized carbons (Fsp3) is 0.636. The highest BCUT2D eigenvalue weighted by Crippen LogP contribution is 2.08. The molecule has 0 aromatic rings. The number of ketones is 1. The number of hydrogen-bond acceptors (Lipinski definition) is 4. The summed E-state index contributed by atoms with van der Waals surface area (Å²) in [6.45, 7) is 3.75. The van der Waals surface area contributed by atoms with E-state index in [0.717, 1.165) is 12.7 Å². The fourth-order valence-electron chi connectivity index (χ4n) is 0.878. The van der Waals surface area contributed by atoms with Crippen LogP contribution in [0.15, 0.2) is 11.8 Å². The zero-order chi connectivity index (χ0) is 13.3. The van der Waals surface area contributed by atoms with Gasteiger partial charge in [0.15, 0.2) is 0 Å². The molecule has 0 atom stereocenters. The summed E-state index contributed by atoms with van der Waals surface area (Å²) >= 11 is 0. The average Bonchev–Trinajstić information content (AvgIpc) is 2.29. The molecule has 0 aromatic carbocycles. The molecule has 0 aliphatic carbocycles. The first-order chi connectivity index (χ1) is 8.04. The van der Waals surface area contributed by atoms with Crippen molar-refractivity contribution < 1.29 is 27.8 Å². The van der Waals surface area contributed by atoms with Gasteiger partial charge in [-0.2, -0.15) is 0 Å². The summed E-state index contributed by atoms with van der Waals surface area (Å²) in [5, 5.41) is 0. The summed E-state index contributed by atoms with van der Waals surface area (Å²) in [5.41, 5.74) is -0.752. The van der Waals surface area contributed by atoms with E-state index in [9.17, 15) is 18.4 Å². The van der Waals surface area contributed by atoms with Crippen molar-refractivity contribution in [3.63, 3.8) is 0 Å². The van der Waals surface area contributed by atoms with Crippen LogP contribution >= 0.6 is 0 Å². The number of unbranched alkanes of at least 4 members (excludes halogenated alkanes) is 1. The summed E-state index contributed by atoms with van der Waals surface area (Å²) in [6.07, 6.45) is -1.12. The maximum atomic E-state index is 12.2. The van der Waals surface area contributed by atoms with Crippen molar-refractivity contribution in [2.75, 3.05) is 13.2 Å². The Bertz CT molecular complexity index is 287. The topological polar surface area (TPSA) is 52.6 Å². The first-order valence-corrected chi connectivity index (χ1v) is 5.35. The second kappa shape index (κ2) is 8.66. The van der Waals surface area contributed by atoms with Crippen LogP contribution in [0.1, 0.15) is 26.7 Å². The molecule has 0 heterocycles. The fourth-order valence-corrected chi connectivity index (χ4v) is 0.878. The van der Waals surface area contributed by atoms with E-state index in [1.165, 1.54) is 0 Å². The van der Waals surface area contributed by atoms with E-state index in [-0.39, 0.29) is 13.2 Å². The number of rotatable bonds is 8. The minimum absolute atomic E-state index is 0.0926. The van der Waals surface area contributed by atoms with Crippen molar-refractivity contribution in [1.29, 1.82) is 0 Å². The van der Waals surface area contributed by atoms with Crippen molar-refractivity contribution in [2.24, 2.45) is 0 Å². The molecule has 0 saturated carbocycles. The zero-order valence-corrected chi connectivity index (χ0v) is 9.87. The summed E-state index contributed by atoms with van der Waals surface area (Å²) < 4.78 is 33.8. The molecule has 6 heteroatoms. The standard InChI is InChI=1S/C11H16F2O4/c1-3-5-6-17-11(15)8(7-16-4-2)9(14)10(12)13/h7,10H,3-6H2,1-2H3. The average molecular weight is 250 g/mol. The Morgan fingerprint density at radius 3 is 2.41 bits per heavy atom. The lowest BCUT2D eigenvalue weighted by molar-refractivity contribution is -0.142. The molecule has 0 unspecified atom stereocenters. The monoisotopic (exact) mass is 250 g/mol. The Morgan fingerprint density at radius 1 is 1.29 bits per heavy atom. The van der Waals surface area contributed by atoms with Gasteiger partial charge in [0.25, 0.3) is 0 Å². The first-order valence-electron chi connectivity index (χ1n) is 5.35. The quantitative estimate of drug-likeness (QED) is 0.165. The van der Waals surface area contributed by atoms with E-state index in [1.54, 1.807) is 6.92 Å². The SMILES string of the molecule is CCCCOC(=O)C(=COCC)C(=O)C(F)F. The third-order valence-electron chi connectivity index (χ3n) is 1.78. The minimum atomic E-state index is -3.25. The molecule has 4 nitrogen and oxygen atoms in total. The van der Waals surface area contributed by atoms with Crippen molar-refractivity contribution in [2.45, 2.75) is 33.1 Å². The van der Waals surface area contributed by atoms with Gasteiger partial charge in [-0.15, -0.1) is 0 Å². The molecule has 0 rings (SSSR count). The summed E-state index contributed by atoms with van der Waals surface area (Å²) in [7, 11) is 0. The Balaban J connectivity index is 4.57. The highest BCUT2D eigenvalue weighted by Gasteiger charge is 2.27. The lowest BCUT2D eigenvalue weighted by Crippen LogP contribution is -2.22. The van der Waals surface area contributed by atoms with Crippen molar-refractivity contribution >= 4 is 11.8 Å². The third-order valence-corrected chi connectivity index (χ3v) is 1.78. The van der Waals surface area contributed by atoms with Gasteiger partial charge in [-0.3, -0.25) is 4.79 Å². The number of esters is 1. The molecular formula is C11H16F2O4. The van der Waals surface area contributed by atoms with E-state index < -0.39 is 23.8 Å². The van der Waals surface area contributed by atoms with Crippen LogP contribution in [0.2, 0.25) is 0 Å². The third kappa shape index (κ3) is 5.99. The Morgan fingerprint density at radius 2 is 1.94 bits per heavy atom. The predicted octanol–water partition coefficient (Wildman–Crippen LogP) is 2.08. The zero-order valence-electron chi connectivity index (χ0n) is 9.87. The Kier molecular flexibility index (Phi) is 7.92. The van der Waals surface area contributed by atoms with Gasteiger partial charge in [-0.25, -0.2) is 13.6 Å². The molecule has 0 N–H and O–H groups in total. The number of hydrogen-bond donors (Lipinski definition) is 0. The highest BCUT2D eigenvalue weighted by atomic mass is 19.3. The van der Waals surface area contributed by atoms with Gasteiger partial charge in [0.05, 0.1) is 13.2 Å². The largest absolute Gasteiger partial charge is 0.500 e. The van der Waals surface area contributed by atoms with E-state index in [4.69, 9.17) is 0 Å². The van der Waals surface area contributed by atoms with Crippen LogP contribution in [0, 0.1) is 0 Å². The highest BCUT2D eigenvalue weighted by molar-refractivity contribution is 6.18. The van der Waals surface area contributed by atoms with Crippen LogP contribution in [0.3, 0.4) is 0 Å². The van der Waals surface area contributed by atoms with Gasteiger partial charge in [0.2, 0.25) is 5.78 Å². The van der Waals surface area contributed by atoms with E-state index in [2.05, 4.69) is 9.47 Å². The molecular weight excluding hydrogens is 234 g/mol. The second-order valence-electron chi connectivity index (χ2n) is 3.14. The van der Waals surface area contributed by atoms with Crippen LogP contribution in [0.5, 0.6) is 0 Å². The van der Waals surface area contributed by atoms with Gasteiger partial charge in [0.1, 0.15) is 11.8 Å². The molecule has 0 saturated heterocycles. The minimum Gasteiger partial charge on any atom is -0.500 e. The molecule has 0 aliphatic heterocycles. The first kappa shape index (κ1) is 15.5. The normalized spacial score (nSPS) is 11.5. The second-order valence-corrected chi connectivity index (χ2v) is 3.14. The molecule has 0 radical (unpaired) electrons. The van der Waals surface area contributed by atoms with Crippen LogP contribution in [-0.2, 0) is 19.1 Å². The van der Waals surface area contributed by atoms with Crippen molar-refractivity contribution in [1.82, 2.24) is 0 Å². The van der Waals surface area contributed by atoms with Crippen molar-refractivity contribution in [3.05, 3.63) is 11.8 Å². The molecule has 0 aliphatic rings. The number of carbonyl (C=O) groups excluding carboxylic acids is 2. The maximum absolute atomic E-state index is 12.2. The molecule has 0 aromatic heterocycles. The number of alkyl halides is 2.